The highest BCUT2D eigenvalue weighted by Gasteiger charge is 2.27. The van der Waals surface area contributed by atoms with Crippen LogP contribution < -0.4 is 14.2 Å². The van der Waals surface area contributed by atoms with E-state index in [0.29, 0.717) is 25.8 Å². The van der Waals surface area contributed by atoms with Crippen LogP contribution in [0.3, 0.4) is 0 Å². The number of hydrogen-bond acceptors (Lipinski definition) is 5. The second-order valence-corrected chi connectivity index (χ2v) is 8.75. The molecule has 1 amide bonds. The average molecular weight is 425 g/mol. The largest absolute Gasteiger partial charge is 0.481 e. The first-order valence-corrected chi connectivity index (χ1v) is 11.1. The van der Waals surface area contributed by atoms with Gasteiger partial charge in [0.15, 0.2) is 17.6 Å². The molecule has 0 saturated carbocycles. The summed E-state index contributed by atoms with van der Waals surface area (Å²) >= 11 is 0. The average Bonchev–Trinajstić information content (AvgIpc) is 3.21. The molecule has 0 unspecified atom stereocenters. The molecule has 166 valence electrons. The number of nitrogens with zero attached hydrogens (tertiary/aromatic N) is 2. The summed E-state index contributed by atoms with van der Waals surface area (Å²) in [6.07, 6.45) is -0.500. The number of aryl methyl sites for hydroxylation is 1. The van der Waals surface area contributed by atoms with E-state index in [9.17, 15) is 4.79 Å². The Morgan fingerprint density at radius 1 is 1.00 bits per heavy atom. The molecule has 1 atom stereocenters. The first kappa shape index (κ1) is 21.5. The molecule has 0 N–H and O–H groups in total. The lowest BCUT2D eigenvalue weighted by molar-refractivity contribution is -0.139. The fourth-order valence-corrected chi connectivity index (χ4v) is 4.14. The summed E-state index contributed by atoms with van der Waals surface area (Å²) in [4.78, 5) is 17.3. The number of amides is 1. The number of ether oxygens (including phenoxy) is 3. The van der Waals surface area contributed by atoms with Crippen molar-refractivity contribution in [3.63, 3.8) is 0 Å². The van der Waals surface area contributed by atoms with E-state index in [4.69, 9.17) is 14.2 Å². The van der Waals surface area contributed by atoms with Crippen molar-refractivity contribution < 1.29 is 19.0 Å². The molecule has 0 spiro atoms. The maximum Gasteiger partial charge on any atom is 0.263 e. The standard InChI is InChI=1S/C25H32N2O4/c1-17(2)21-7-5-18(3)13-23(21)31-19(4)25(28)27-11-9-26(10-12-27)15-20-6-8-22-24(14-20)30-16-29-22/h5-8,13-14,17,19H,9-12,15-16H2,1-4H3/t19-/m1/s1. The quantitative estimate of drug-likeness (QED) is 0.703. The minimum absolute atomic E-state index is 0.0546. The van der Waals surface area contributed by atoms with Crippen LogP contribution in [0.15, 0.2) is 36.4 Å². The van der Waals surface area contributed by atoms with E-state index in [2.05, 4.69) is 36.9 Å². The van der Waals surface area contributed by atoms with Crippen molar-refractivity contribution >= 4 is 5.91 Å². The van der Waals surface area contributed by atoms with Crippen LogP contribution in [0.5, 0.6) is 17.2 Å². The molecule has 31 heavy (non-hydrogen) atoms. The van der Waals surface area contributed by atoms with E-state index < -0.39 is 6.10 Å². The first-order valence-electron chi connectivity index (χ1n) is 11.1. The van der Waals surface area contributed by atoms with Gasteiger partial charge >= 0.3 is 0 Å². The number of rotatable bonds is 6. The summed E-state index contributed by atoms with van der Waals surface area (Å²) in [6.45, 7) is 12.4. The van der Waals surface area contributed by atoms with Gasteiger partial charge in [-0.05, 0) is 54.7 Å². The van der Waals surface area contributed by atoms with Crippen LogP contribution >= 0.6 is 0 Å². The van der Waals surface area contributed by atoms with Crippen LogP contribution in [0.1, 0.15) is 43.4 Å². The van der Waals surface area contributed by atoms with E-state index in [0.717, 1.165) is 48.0 Å². The summed E-state index contributed by atoms with van der Waals surface area (Å²) in [6, 6.07) is 12.3. The molecule has 2 heterocycles. The number of fused-ring (bicyclic) bond motifs is 1. The zero-order chi connectivity index (χ0) is 22.0. The van der Waals surface area contributed by atoms with Crippen molar-refractivity contribution in [3.8, 4) is 17.2 Å². The number of carbonyl (C=O) groups is 1. The summed E-state index contributed by atoms with van der Waals surface area (Å²) in [5.74, 6) is 2.84. The Balaban J connectivity index is 1.31. The van der Waals surface area contributed by atoms with Crippen LogP contribution in [-0.4, -0.2) is 54.8 Å². The smallest absolute Gasteiger partial charge is 0.263 e. The lowest BCUT2D eigenvalue weighted by Crippen LogP contribution is -2.51. The third-order valence-corrected chi connectivity index (χ3v) is 5.97. The molecule has 2 aromatic carbocycles. The van der Waals surface area contributed by atoms with Gasteiger partial charge < -0.3 is 19.1 Å². The molecule has 1 saturated heterocycles. The molecule has 0 bridgehead atoms. The zero-order valence-corrected chi connectivity index (χ0v) is 18.9. The Labute approximate surface area is 184 Å². The highest BCUT2D eigenvalue weighted by Crippen LogP contribution is 2.33. The van der Waals surface area contributed by atoms with Gasteiger partial charge in [0.2, 0.25) is 6.79 Å². The van der Waals surface area contributed by atoms with Crippen LogP contribution in [0.4, 0.5) is 0 Å². The van der Waals surface area contributed by atoms with Crippen molar-refractivity contribution in [1.29, 1.82) is 0 Å². The van der Waals surface area contributed by atoms with Gasteiger partial charge in [0.1, 0.15) is 5.75 Å². The predicted molar refractivity (Wildman–Crippen MR) is 120 cm³/mol. The number of hydrogen-bond donors (Lipinski definition) is 0. The molecule has 2 aliphatic rings. The molecule has 2 aliphatic heterocycles. The summed E-state index contributed by atoms with van der Waals surface area (Å²) in [5.41, 5.74) is 3.47. The Morgan fingerprint density at radius 2 is 1.74 bits per heavy atom. The van der Waals surface area contributed by atoms with E-state index >= 15 is 0 Å². The Morgan fingerprint density at radius 3 is 2.48 bits per heavy atom. The van der Waals surface area contributed by atoms with Crippen molar-refractivity contribution in [2.75, 3.05) is 33.0 Å². The molecule has 0 aliphatic carbocycles. The fourth-order valence-electron chi connectivity index (χ4n) is 4.14. The maximum atomic E-state index is 13.0. The number of piperazine rings is 1. The van der Waals surface area contributed by atoms with Crippen LogP contribution in [0, 0.1) is 6.92 Å². The van der Waals surface area contributed by atoms with Gasteiger partial charge in [0.25, 0.3) is 5.91 Å². The Bertz CT molecular complexity index is 935. The molecular formula is C25H32N2O4. The van der Waals surface area contributed by atoms with Crippen molar-refractivity contribution in [3.05, 3.63) is 53.1 Å². The minimum atomic E-state index is -0.500. The lowest BCUT2D eigenvalue weighted by Gasteiger charge is -2.36. The molecular weight excluding hydrogens is 392 g/mol. The third-order valence-electron chi connectivity index (χ3n) is 5.97. The molecule has 4 rings (SSSR count). The highest BCUT2D eigenvalue weighted by molar-refractivity contribution is 5.81. The lowest BCUT2D eigenvalue weighted by atomic mass is 10.0. The topological polar surface area (TPSA) is 51.2 Å². The summed E-state index contributed by atoms with van der Waals surface area (Å²) in [5, 5.41) is 0. The van der Waals surface area contributed by atoms with Crippen LogP contribution in [0.2, 0.25) is 0 Å². The summed E-state index contributed by atoms with van der Waals surface area (Å²) in [7, 11) is 0. The molecule has 0 radical (unpaired) electrons. The maximum absolute atomic E-state index is 13.0. The monoisotopic (exact) mass is 424 g/mol. The SMILES string of the molecule is Cc1ccc(C(C)C)c(O[C@H](C)C(=O)N2CCN(Cc3ccc4c(c3)OCO4)CC2)c1. The van der Waals surface area contributed by atoms with Gasteiger partial charge in [-0.3, -0.25) is 9.69 Å². The van der Waals surface area contributed by atoms with Gasteiger partial charge in [-0.2, -0.15) is 0 Å². The van der Waals surface area contributed by atoms with Crippen molar-refractivity contribution in [2.24, 2.45) is 0 Å². The second kappa shape index (κ2) is 9.18. The summed E-state index contributed by atoms with van der Waals surface area (Å²) < 4.78 is 17.0. The molecule has 2 aromatic rings. The van der Waals surface area contributed by atoms with Crippen LogP contribution in [-0.2, 0) is 11.3 Å². The van der Waals surface area contributed by atoms with E-state index in [-0.39, 0.29) is 5.91 Å². The molecule has 6 nitrogen and oxygen atoms in total. The van der Waals surface area contributed by atoms with E-state index in [1.807, 2.05) is 36.9 Å². The van der Waals surface area contributed by atoms with E-state index in [1.165, 1.54) is 5.56 Å². The van der Waals surface area contributed by atoms with Crippen LogP contribution in [0.25, 0.3) is 0 Å². The zero-order valence-electron chi connectivity index (χ0n) is 18.9. The molecule has 0 aromatic heterocycles. The van der Waals surface area contributed by atoms with Crippen molar-refractivity contribution in [1.82, 2.24) is 9.80 Å². The van der Waals surface area contributed by atoms with Gasteiger partial charge in [0, 0.05) is 32.7 Å². The number of benzene rings is 2. The van der Waals surface area contributed by atoms with Gasteiger partial charge in [-0.1, -0.05) is 32.0 Å². The minimum Gasteiger partial charge on any atom is -0.481 e. The molecule has 1 fully saturated rings. The predicted octanol–water partition coefficient (Wildman–Crippen LogP) is 3.96. The first-order chi connectivity index (χ1) is 14.9. The normalized spacial score (nSPS) is 17.1. The number of carbonyl (C=O) groups excluding carboxylic acids is 1. The fraction of sp³-hybridized carbons (Fsp3) is 0.480. The van der Waals surface area contributed by atoms with Gasteiger partial charge in [-0.25, -0.2) is 0 Å². The Hall–Kier alpha value is -2.73. The van der Waals surface area contributed by atoms with E-state index in [1.54, 1.807) is 0 Å². The Kier molecular flexibility index (Phi) is 6.37. The highest BCUT2D eigenvalue weighted by atomic mass is 16.7. The van der Waals surface area contributed by atoms with Gasteiger partial charge in [0.05, 0.1) is 0 Å². The third kappa shape index (κ3) is 4.96. The van der Waals surface area contributed by atoms with Crippen molar-refractivity contribution in [2.45, 2.75) is 46.3 Å². The second-order valence-electron chi connectivity index (χ2n) is 8.75. The molecule has 6 heteroatoms. The van der Waals surface area contributed by atoms with Gasteiger partial charge in [-0.15, -0.1) is 0 Å².